The van der Waals surface area contributed by atoms with Gasteiger partial charge in [0.1, 0.15) is 28.6 Å². The van der Waals surface area contributed by atoms with Gasteiger partial charge in [0.15, 0.2) is 0 Å². The first kappa shape index (κ1) is 19.1. The number of fused-ring (bicyclic) bond motifs is 2. The SMILES string of the molecule is COc1ccc2c(c1)CC(c1nc3c(OC)cc(-c4ccncc4)cc3c(=O)[nH]1)CO2. The van der Waals surface area contributed by atoms with Crippen LogP contribution in [0.15, 0.2) is 59.7 Å². The number of hydrogen-bond donors (Lipinski definition) is 1. The van der Waals surface area contributed by atoms with Crippen molar-refractivity contribution in [1.29, 1.82) is 0 Å². The van der Waals surface area contributed by atoms with E-state index in [1.165, 1.54) is 0 Å². The van der Waals surface area contributed by atoms with Gasteiger partial charge in [-0.3, -0.25) is 9.78 Å². The van der Waals surface area contributed by atoms with Crippen LogP contribution in [0.1, 0.15) is 17.3 Å². The third kappa shape index (κ3) is 3.48. The van der Waals surface area contributed by atoms with Crippen LogP contribution >= 0.6 is 0 Å². The average Bonchev–Trinajstić information content (AvgIpc) is 2.83. The standard InChI is InChI=1S/C24H21N3O4/c1-29-18-3-4-20-16(10-18)9-17(13-31-20)23-26-22-19(24(28)27-23)11-15(12-21(22)30-2)14-5-7-25-8-6-14/h3-8,10-12,17H,9,13H2,1-2H3,(H,26,27,28). The lowest BCUT2D eigenvalue weighted by Gasteiger charge is -2.25. The highest BCUT2D eigenvalue weighted by Gasteiger charge is 2.25. The Labute approximate surface area is 178 Å². The van der Waals surface area contributed by atoms with E-state index in [9.17, 15) is 4.79 Å². The van der Waals surface area contributed by atoms with Crippen molar-refractivity contribution in [1.82, 2.24) is 15.0 Å². The average molecular weight is 415 g/mol. The molecule has 1 N–H and O–H groups in total. The fourth-order valence-electron chi connectivity index (χ4n) is 3.96. The molecule has 0 saturated carbocycles. The second-order valence-corrected chi connectivity index (χ2v) is 7.45. The lowest BCUT2D eigenvalue weighted by molar-refractivity contribution is 0.257. The molecular formula is C24H21N3O4. The maximum Gasteiger partial charge on any atom is 0.258 e. The summed E-state index contributed by atoms with van der Waals surface area (Å²) in [4.78, 5) is 24.8. The number of ether oxygens (including phenoxy) is 3. The molecule has 1 atom stereocenters. The topological polar surface area (TPSA) is 86.3 Å². The Morgan fingerprint density at radius 2 is 1.87 bits per heavy atom. The van der Waals surface area contributed by atoms with Crippen molar-refractivity contribution in [2.75, 3.05) is 20.8 Å². The number of benzene rings is 2. The molecule has 0 bridgehead atoms. The van der Waals surface area contributed by atoms with Gasteiger partial charge in [-0.2, -0.15) is 0 Å². The Kier molecular flexibility index (Phi) is 4.78. The van der Waals surface area contributed by atoms with Gasteiger partial charge in [0.25, 0.3) is 5.56 Å². The maximum absolute atomic E-state index is 13.0. The van der Waals surface area contributed by atoms with E-state index >= 15 is 0 Å². The third-order valence-corrected chi connectivity index (χ3v) is 5.59. The van der Waals surface area contributed by atoms with Gasteiger partial charge in [0.05, 0.1) is 32.1 Å². The summed E-state index contributed by atoms with van der Waals surface area (Å²) in [5.74, 6) is 2.66. The van der Waals surface area contributed by atoms with E-state index in [-0.39, 0.29) is 11.5 Å². The third-order valence-electron chi connectivity index (χ3n) is 5.59. The molecule has 0 radical (unpaired) electrons. The Bertz CT molecular complexity index is 1320. The minimum absolute atomic E-state index is 0.0821. The van der Waals surface area contributed by atoms with Gasteiger partial charge in [-0.05, 0) is 65.6 Å². The van der Waals surface area contributed by atoms with Crippen LogP contribution in [0.4, 0.5) is 0 Å². The van der Waals surface area contributed by atoms with Crippen LogP contribution in [-0.4, -0.2) is 35.8 Å². The number of hydrogen-bond acceptors (Lipinski definition) is 6. The highest BCUT2D eigenvalue weighted by molar-refractivity contribution is 5.89. The number of methoxy groups -OCH3 is 2. The molecule has 7 nitrogen and oxygen atoms in total. The van der Waals surface area contributed by atoms with Gasteiger partial charge in [0.2, 0.25) is 0 Å². The van der Waals surface area contributed by atoms with Crippen molar-refractivity contribution in [2.24, 2.45) is 0 Å². The Hall–Kier alpha value is -3.87. The molecule has 0 aliphatic carbocycles. The molecule has 2 aromatic carbocycles. The number of H-pyrrole nitrogens is 1. The number of nitrogens with one attached hydrogen (secondary N) is 1. The molecule has 0 fully saturated rings. The summed E-state index contributed by atoms with van der Waals surface area (Å²) < 4.78 is 16.8. The molecule has 0 amide bonds. The van der Waals surface area contributed by atoms with Gasteiger partial charge in [0, 0.05) is 12.4 Å². The number of nitrogens with zero attached hydrogens (tertiary/aromatic N) is 2. The molecule has 31 heavy (non-hydrogen) atoms. The smallest absolute Gasteiger partial charge is 0.258 e. The molecule has 1 unspecified atom stereocenters. The summed E-state index contributed by atoms with van der Waals surface area (Å²) in [6, 6.07) is 13.3. The highest BCUT2D eigenvalue weighted by Crippen LogP contribution is 2.35. The first-order valence-electron chi connectivity index (χ1n) is 9.98. The highest BCUT2D eigenvalue weighted by atomic mass is 16.5. The zero-order valence-corrected chi connectivity index (χ0v) is 17.2. The summed E-state index contributed by atoms with van der Waals surface area (Å²) in [5.41, 5.74) is 3.18. The van der Waals surface area contributed by atoms with Crippen LogP contribution in [0.5, 0.6) is 17.2 Å². The first-order chi connectivity index (χ1) is 15.2. The predicted molar refractivity (Wildman–Crippen MR) is 117 cm³/mol. The van der Waals surface area contributed by atoms with E-state index in [1.54, 1.807) is 26.6 Å². The van der Waals surface area contributed by atoms with Crippen LogP contribution in [0, 0.1) is 0 Å². The van der Waals surface area contributed by atoms with Crippen LogP contribution in [0.2, 0.25) is 0 Å². The van der Waals surface area contributed by atoms with E-state index < -0.39 is 0 Å². The van der Waals surface area contributed by atoms with Gasteiger partial charge in [-0.15, -0.1) is 0 Å². The minimum atomic E-state index is -0.203. The van der Waals surface area contributed by atoms with E-state index in [0.29, 0.717) is 35.5 Å². The van der Waals surface area contributed by atoms with Crippen molar-refractivity contribution in [2.45, 2.75) is 12.3 Å². The Morgan fingerprint density at radius 1 is 1.03 bits per heavy atom. The summed E-state index contributed by atoms with van der Waals surface area (Å²) in [6.45, 7) is 0.436. The molecular weight excluding hydrogens is 394 g/mol. The molecule has 4 aromatic rings. The molecule has 0 spiro atoms. The van der Waals surface area contributed by atoms with Crippen LogP contribution in [-0.2, 0) is 6.42 Å². The summed E-state index contributed by atoms with van der Waals surface area (Å²) in [7, 11) is 3.22. The normalized spacial score (nSPS) is 15.2. The van der Waals surface area contributed by atoms with Crippen molar-refractivity contribution in [3.05, 3.63) is 76.6 Å². The summed E-state index contributed by atoms with van der Waals surface area (Å²) in [5, 5.41) is 0.480. The van der Waals surface area contributed by atoms with Gasteiger partial charge >= 0.3 is 0 Å². The Balaban J connectivity index is 1.57. The number of pyridine rings is 1. The zero-order valence-electron chi connectivity index (χ0n) is 17.2. The fourth-order valence-corrected chi connectivity index (χ4v) is 3.96. The quantitative estimate of drug-likeness (QED) is 0.547. The molecule has 7 heteroatoms. The number of aromatic amines is 1. The lowest BCUT2D eigenvalue weighted by atomic mass is 9.95. The van der Waals surface area contributed by atoms with Crippen molar-refractivity contribution in [3.63, 3.8) is 0 Å². The summed E-state index contributed by atoms with van der Waals surface area (Å²) >= 11 is 0. The maximum atomic E-state index is 13.0. The predicted octanol–water partition coefficient (Wildman–Crippen LogP) is 3.72. The summed E-state index contributed by atoms with van der Waals surface area (Å²) in [6.07, 6.45) is 4.12. The second-order valence-electron chi connectivity index (χ2n) is 7.45. The fraction of sp³-hybridized carbons (Fsp3) is 0.208. The monoisotopic (exact) mass is 415 g/mol. The number of rotatable bonds is 4. The molecule has 156 valence electrons. The van der Waals surface area contributed by atoms with Crippen LogP contribution in [0.25, 0.3) is 22.0 Å². The van der Waals surface area contributed by atoms with Crippen molar-refractivity contribution in [3.8, 4) is 28.4 Å². The van der Waals surface area contributed by atoms with Crippen molar-refractivity contribution < 1.29 is 14.2 Å². The van der Waals surface area contributed by atoms with Gasteiger partial charge < -0.3 is 19.2 Å². The van der Waals surface area contributed by atoms with Gasteiger partial charge in [-0.1, -0.05) is 0 Å². The van der Waals surface area contributed by atoms with Gasteiger partial charge in [-0.25, -0.2) is 4.98 Å². The molecule has 1 aliphatic rings. The van der Waals surface area contributed by atoms with E-state index in [0.717, 1.165) is 28.2 Å². The zero-order chi connectivity index (χ0) is 21.4. The van der Waals surface area contributed by atoms with Crippen molar-refractivity contribution >= 4 is 10.9 Å². The molecule has 3 heterocycles. The molecule has 1 aliphatic heterocycles. The van der Waals surface area contributed by atoms with E-state index in [1.807, 2.05) is 42.5 Å². The van der Waals surface area contributed by atoms with Crippen LogP contribution in [0.3, 0.4) is 0 Å². The minimum Gasteiger partial charge on any atom is -0.497 e. The molecule has 2 aromatic heterocycles. The molecule has 5 rings (SSSR count). The lowest BCUT2D eigenvalue weighted by Crippen LogP contribution is -2.24. The van der Waals surface area contributed by atoms with E-state index in [4.69, 9.17) is 19.2 Å². The van der Waals surface area contributed by atoms with E-state index in [2.05, 4.69) is 9.97 Å². The molecule has 0 saturated heterocycles. The second kappa shape index (κ2) is 7.75. The largest absolute Gasteiger partial charge is 0.497 e. The number of aromatic nitrogens is 3. The van der Waals surface area contributed by atoms with Crippen LogP contribution < -0.4 is 19.8 Å². The first-order valence-corrected chi connectivity index (χ1v) is 9.98. The Morgan fingerprint density at radius 3 is 2.65 bits per heavy atom.